The first-order valence-corrected chi connectivity index (χ1v) is 5.74. The molecule has 1 aromatic heterocycles. The molecular formula is C11H19ClN4. The van der Waals surface area contributed by atoms with Crippen LogP contribution in [0.4, 0.5) is 11.8 Å². The molecule has 0 fully saturated rings. The third-order valence-electron chi connectivity index (χ3n) is 2.14. The summed E-state index contributed by atoms with van der Waals surface area (Å²) in [7, 11) is 1.78. The van der Waals surface area contributed by atoms with Gasteiger partial charge in [0, 0.05) is 13.6 Å². The molecule has 0 atom stereocenters. The highest BCUT2D eigenvalue weighted by Crippen LogP contribution is 2.21. The number of hydrogen-bond acceptors (Lipinski definition) is 4. The molecule has 0 bridgehead atoms. The van der Waals surface area contributed by atoms with E-state index >= 15 is 0 Å². The van der Waals surface area contributed by atoms with E-state index in [2.05, 4.69) is 41.4 Å². The second kappa shape index (κ2) is 5.34. The van der Waals surface area contributed by atoms with Crippen LogP contribution < -0.4 is 10.6 Å². The Morgan fingerprint density at radius 1 is 1.38 bits per heavy atom. The monoisotopic (exact) mass is 242 g/mol. The fourth-order valence-electron chi connectivity index (χ4n) is 1.17. The standard InChI is InChI=1S/C11H19ClN4/c1-11(2,3)5-6-14-9-8(12)7-15-10(13-4)16-9/h7H,5-6H2,1-4H3,(H2,13,14,15,16). The van der Waals surface area contributed by atoms with E-state index in [9.17, 15) is 0 Å². The summed E-state index contributed by atoms with van der Waals surface area (Å²) < 4.78 is 0. The molecule has 1 aromatic rings. The summed E-state index contributed by atoms with van der Waals surface area (Å²) in [6.07, 6.45) is 2.65. The predicted octanol–water partition coefficient (Wildman–Crippen LogP) is 3.02. The molecule has 90 valence electrons. The Bertz CT molecular complexity index is 346. The van der Waals surface area contributed by atoms with Crippen molar-refractivity contribution in [2.75, 3.05) is 24.2 Å². The van der Waals surface area contributed by atoms with Crippen molar-refractivity contribution in [2.24, 2.45) is 5.41 Å². The number of halogens is 1. The van der Waals surface area contributed by atoms with Crippen molar-refractivity contribution in [1.82, 2.24) is 9.97 Å². The normalized spacial score (nSPS) is 11.3. The maximum atomic E-state index is 5.99. The Morgan fingerprint density at radius 3 is 2.62 bits per heavy atom. The van der Waals surface area contributed by atoms with E-state index in [-0.39, 0.29) is 0 Å². The van der Waals surface area contributed by atoms with Crippen molar-refractivity contribution >= 4 is 23.4 Å². The second-order valence-corrected chi connectivity index (χ2v) is 5.28. The summed E-state index contributed by atoms with van der Waals surface area (Å²) in [5.74, 6) is 1.26. The van der Waals surface area contributed by atoms with Gasteiger partial charge in [-0.15, -0.1) is 0 Å². The van der Waals surface area contributed by atoms with Crippen LogP contribution in [-0.4, -0.2) is 23.6 Å². The third kappa shape index (κ3) is 4.23. The van der Waals surface area contributed by atoms with Gasteiger partial charge in [-0.2, -0.15) is 4.98 Å². The fourth-order valence-corrected chi connectivity index (χ4v) is 1.33. The fraction of sp³-hybridized carbons (Fsp3) is 0.636. The summed E-state index contributed by atoms with van der Waals surface area (Å²) in [5.41, 5.74) is 0.304. The van der Waals surface area contributed by atoms with Gasteiger partial charge in [-0.05, 0) is 11.8 Å². The Balaban J connectivity index is 2.59. The zero-order valence-corrected chi connectivity index (χ0v) is 11.0. The van der Waals surface area contributed by atoms with Gasteiger partial charge < -0.3 is 10.6 Å². The number of nitrogens with one attached hydrogen (secondary N) is 2. The Labute approximate surface area is 102 Å². The van der Waals surface area contributed by atoms with Gasteiger partial charge in [-0.25, -0.2) is 4.98 Å². The Kier molecular flexibility index (Phi) is 4.35. The van der Waals surface area contributed by atoms with E-state index in [1.807, 2.05) is 0 Å². The Morgan fingerprint density at radius 2 is 2.06 bits per heavy atom. The summed E-state index contributed by atoms with van der Waals surface area (Å²) >= 11 is 5.99. The minimum atomic E-state index is 0.304. The van der Waals surface area contributed by atoms with Crippen molar-refractivity contribution < 1.29 is 0 Å². The lowest BCUT2D eigenvalue weighted by Gasteiger charge is -2.18. The highest BCUT2D eigenvalue weighted by Gasteiger charge is 2.10. The van der Waals surface area contributed by atoms with Crippen LogP contribution in [0.15, 0.2) is 6.20 Å². The average molecular weight is 243 g/mol. The van der Waals surface area contributed by atoms with Crippen LogP contribution in [0, 0.1) is 5.41 Å². The smallest absolute Gasteiger partial charge is 0.224 e. The van der Waals surface area contributed by atoms with Crippen LogP contribution >= 0.6 is 11.6 Å². The first-order chi connectivity index (χ1) is 7.42. The van der Waals surface area contributed by atoms with Crippen LogP contribution in [0.5, 0.6) is 0 Å². The predicted molar refractivity (Wildman–Crippen MR) is 69.2 cm³/mol. The maximum absolute atomic E-state index is 5.99. The Hall–Kier alpha value is -1.03. The van der Waals surface area contributed by atoms with Gasteiger partial charge >= 0.3 is 0 Å². The molecule has 1 heterocycles. The van der Waals surface area contributed by atoms with Gasteiger partial charge in [-0.1, -0.05) is 32.4 Å². The summed E-state index contributed by atoms with van der Waals surface area (Å²) in [5, 5.41) is 6.65. The van der Waals surface area contributed by atoms with E-state index in [1.165, 1.54) is 0 Å². The quantitative estimate of drug-likeness (QED) is 0.852. The average Bonchev–Trinajstić information content (AvgIpc) is 2.19. The van der Waals surface area contributed by atoms with E-state index < -0.39 is 0 Å². The molecule has 0 saturated carbocycles. The molecule has 1 rings (SSSR count). The van der Waals surface area contributed by atoms with Crippen LogP contribution in [-0.2, 0) is 0 Å². The number of anilines is 2. The van der Waals surface area contributed by atoms with Crippen molar-refractivity contribution in [1.29, 1.82) is 0 Å². The van der Waals surface area contributed by atoms with Gasteiger partial charge in [0.05, 0.1) is 6.20 Å². The molecule has 0 amide bonds. The molecule has 0 spiro atoms. The number of aromatic nitrogens is 2. The second-order valence-electron chi connectivity index (χ2n) is 4.88. The molecule has 0 saturated heterocycles. The van der Waals surface area contributed by atoms with Crippen molar-refractivity contribution in [3.63, 3.8) is 0 Å². The van der Waals surface area contributed by atoms with Crippen LogP contribution in [0.2, 0.25) is 5.02 Å². The lowest BCUT2D eigenvalue weighted by Crippen LogP contribution is -2.14. The van der Waals surface area contributed by atoms with Crippen LogP contribution in [0.1, 0.15) is 27.2 Å². The molecular weight excluding hydrogens is 224 g/mol. The molecule has 0 aliphatic heterocycles. The molecule has 5 heteroatoms. The van der Waals surface area contributed by atoms with Gasteiger partial charge in [-0.3, -0.25) is 0 Å². The molecule has 4 nitrogen and oxygen atoms in total. The van der Waals surface area contributed by atoms with Gasteiger partial charge in [0.15, 0.2) is 0 Å². The maximum Gasteiger partial charge on any atom is 0.224 e. The molecule has 0 aromatic carbocycles. The van der Waals surface area contributed by atoms with Crippen molar-refractivity contribution in [3.05, 3.63) is 11.2 Å². The molecule has 0 unspecified atom stereocenters. The SMILES string of the molecule is CNc1ncc(Cl)c(NCCC(C)(C)C)n1. The highest BCUT2D eigenvalue weighted by atomic mass is 35.5. The van der Waals surface area contributed by atoms with Crippen molar-refractivity contribution in [2.45, 2.75) is 27.2 Å². The van der Waals surface area contributed by atoms with Gasteiger partial charge in [0.25, 0.3) is 0 Å². The first-order valence-electron chi connectivity index (χ1n) is 5.36. The van der Waals surface area contributed by atoms with Crippen LogP contribution in [0.3, 0.4) is 0 Å². The van der Waals surface area contributed by atoms with E-state index in [0.717, 1.165) is 13.0 Å². The van der Waals surface area contributed by atoms with Crippen molar-refractivity contribution in [3.8, 4) is 0 Å². The number of rotatable bonds is 4. The molecule has 0 aliphatic carbocycles. The lowest BCUT2D eigenvalue weighted by molar-refractivity contribution is 0.389. The molecule has 0 aliphatic rings. The lowest BCUT2D eigenvalue weighted by atomic mass is 9.92. The van der Waals surface area contributed by atoms with E-state index in [0.29, 0.717) is 22.2 Å². The van der Waals surface area contributed by atoms with Gasteiger partial charge in [0.1, 0.15) is 10.8 Å². The number of hydrogen-bond donors (Lipinski definition) is 2. The number of nitrogens with zero attached hydrogens (tertiary/aromatic N) is 2. The van der Waals surface area contributed by atoms with E-state index in [1.54, 1.807) is 13.2 Å². The summed E-state index contributed by atoms with van der Waals surface area (Å²) in [4.78, 5) is 8.27. The minimum absolute atomic E-state index is 0.304. The molecule has 0 radical (unpaired) electrons. The van der Waals surface area contributed by atoms with E-state index in [4.69, 9.17) is 11.6 Å². The minimum Gasteiger partial charge on any atom is -0.369 e. The zero-order valence-electron chi connectivity index (χ0n) is 10.3. The third-order valence-corrected chi connectivity index (χ3v) is 2.41. The first kappa shape index (κ1) is 13.0. The topological polar surface area (TPSA) is 49.8 Å². The summed E-state index contributed by atoms with van der Waals surface area (Å²) in [6, 6.07) is 0. The molecule has 2 N–H and O–H groups in total. The zero-order chi connectivity index (χ0) is 12.2. The molecule has 16 heavy (non-hydrogen) atoms. The highest BCUT2D eigenvalue weighted by molar-refractivity contribution is 6.32. The van der Waals surface area contributed by atoms with Gasteiger partial charge in [0.2, 0.25) is 5.95 Å². The largest absolute Gasteiger partial charge is 0.369 e. The van der Waals surface area contributed by atoms with Crippen LogP contribution in [0.25, 0.3) is 0 Å². The summed E-state index contributed by atoms with van der Waals surface area (Å²) in [6.45, 7) is 7.46.